The summed E-state index contributed by atoms with van der Waals surface area (Å²) >= 11 is 4.74. The van der Waals surface area contributed by atoms with E-state index in [0.29, 0.717) is 5.25 Å². The van der Waals surface area contributed by atoms with Crippen LogP contribution in [0.2, 0.25) is 6.04 Å². The second-order valence-corrected chi connectivity index (χ2v) is 19.9. The van der Waals surface area contributed by atoms with Gasteiger partial charge in [-0.05, 0) is 30.9 Å². The van der Waals surface area contributed by atoms with Gasteiger partial charge in [0.1, 0.15) is 0 Å². The number of rotatable bonds is 45. The largest absolute Gasteiger partial charge is 0.500 e. The smallest absolute Gasteiger partial charge is 0.373 e. The van der Waals surface area contributed by atoms with Gasteiger partial charge in [-0.25, -0.2) is 0 Å². The van der Waals surface area contributed by atoms with Crippen molar-refractivity contribution in [2.75, 3.05) is 19.8 Å². The Balaban J connectivity index is 4.52. The van der Waals surface area contributed by atoms with Crippen LogP contribution in [0.3, 0.4) is 0 Å². The Morgan fingerprint density at radius 3 is 0.725 bits per heavy atom. The van der Waals surface area contributed by atoms with Crippen molar-refractivity contribution in [2.45, 2.75) is 277 Å². The van der Waals surface area contributed by atoms with Crippen molar-refractivity contribution >= 4 is 21.4 Å². The molecule has 308 valence electrons. The molecule has 0 rings (SSSR count). The lowest BCUT2D eigenvalue weighted by molar-refractivity contribution is 0.0548. The van der Waals surface area contributed by atoms with Crippen LogP contribution in [-0.4, -0.2) is 33.9 Å². The fourth-order valence-corrected chi connectivity index (χ4v) is 10.4. The molecule has 51 heavy (non-hydrogen) atoms. The minimum atomic E-state index is -2.71. The minimum absolute atomic E-state index is 0.345. The zero-order valence-electron chi connectivity index (χ0n) is 35.7. The molecule has 0 aliphatic rings. The summed E-state index contributed by atoms with van der Waals surface area (Å²) in [6.45, 7) is 11.5. The second-order valence-electron chi connectivity index (χ2n) is 16.3. The molecule has 5 heteroatoms. The van der Waals surface area contributed by atoms with E-state index in [1.807, 2.05) is 0 Å². The summed E-state index contributed by atoms with van der Waals surface area (Å²) in [6, 6.07) is 0.909. The molecule has 3 nitrogen and oxygen atoms in total. The monoisotopic (exact) mass is 757 g/mol. The summed E-state index contributed by atoms with van der Waals surface area (Å²) in [5, 5.41) is 0.345. The lowest BCUT2D eigenvalue weighted by Crippen LogP contribution is -2.47. The lowest BCUT2D eigenvalue weighted by Gasteiger charge is -2.30. The highest BCUT2D eigenvalue weighted by atomic mass is 32.1. The Hall–Kier alpha value is 0.447. The van der Waals surface area contributed by atoms with Crippen LogP contribution in [-0.2, 0) is 13.3 Å². The van der Waals surface area contributed by atoms with Crippen molar-refractivity contribution in [1.82, 2.24) is 0 Å². The Bertz CT molecular complexity index is 636. The molecular weight excluding hydrogens is 661 g/mol. The molecule has 0 radical (unpaired) electrons. The number of thiol groups is 1. The minimum Gasteiger partial charge on any atom is -0.373 e. The van der Waals surface area contributed by atoms with Gasteiger partial charge in [-0.15, -0.1) is 0 Å². The molecule has 0 saturated heterocycles. The molecule has 0 aromatic rings. The zero-order valence-corrected chi connectivity index (χ0v) is 37.6. The summed E-state index contributed by atoms with van der Waals surface area (Å²) in [6.07, 6.45) is 50.2. The van der Waals surface area contributed by atoms with Gasteiger partial charge in [0.2, 0.25) is 0 Å². The van der Waals surface area contributed by atoms with E-state index >= 15 is 0 Å². The normalized spacial score (nSPS) is 13.6. The second kappa shape index (κ2) is 43.2. The predicted molar refractivity (Wildman–Crippen MR) is 235 cm³/mol. The molecule has 0 heterocycles. The first-order chi connectivity index (χ1) is 25.1. The van der Waals surface area contributed by atoms with Gasteiger partial charge in [-0.2, -0.15) is 12.6 Å². The SMILES string of the molecule is CCCCCCCCCCCCCCCCO[Si](CCC(C)S)(OCCCCCCCCCCCC)OCCCCCCCCCCCCCC. The van der Waals surface area contributed by atoms with Crippen LogP contribution < -0.4 is 0 Å². The Morgan fingerprint density at radius 1 is 0.333 bits per heavy atom. The Kier molecular flexibility index (Phi) is 43.6. The van der Waals surface area contributed by atoms with Crippen LogP contribution >= 0.6 is 12.6 Å². The van der Waals surface area contributed by atoms with Crippen LogP contribution in [0.5, 0.6) is 0 Å². The van der Waals surface area contributed by atoms with Crippen molar-refractivity contribution in [1.29, 1.82) is 0 Å². The molecule has 0 aliphatic carbocycles. The van der Waals surface area contributed by atoms with Gasteiger partial charge in [0.15, 0.2) is 0 Å². The van der Waals surface area contributed by atoms with Crippen molar-refractivity contribution < 1.29 is 13.3 Å². The molecule has 0 saturated carbocycles. The van der Waals surface area contributed by atoms with Gasteiger partial charge < -0.3 is 13.3 Å². The van der Waals surface area contributed by atoms with Gasteiger partial charge in [-0.1, -0.05) is 240 Å². The summed E-state index contributed by atoms with van der Waals surface area (Å²) in [7, 11) is -2.71. The first kappa shape index (κ1) is 51.4. The van der Waals surface area contributed by atoms with Crippen LogP contribution in [0.4, 0.5) is 0 Å². The topological polar surface area (TPSA) is 27.7 Å². The molecule has 0 amide bonds. The summed E-state index contributed by atoms with van der Waals surface area (Å²) in [5.41, 5.74) is 0. The molecule has 0 aliphatic heterocycles. The molecular formula is C46H96O3SSi. The third-order valence-corrected chi connectivity index (χ3v) is 13.9. The quantitative estimate of drug-likeness (QED) is 0.0381. The summed E-state index contributed by atoms with van der Waals surface area (Å²) in [4.78, 5) is 0. The van der Waals surface area contributed by atoms with E-state index in [1.165, 1.54) is 212 Å². The van der Waals surface area contributed by atoms with Crippen LogP contribution in [0.15, 0.2) is 0 Å². The molecule has 0 fully saturated rings. The van der Waals surface area contributed by atoms with Gasteiger partial charge in [-0.3, -0.25) is 0 Å². The Labute approximate surface area is 329 Å². The first-order valence-electron chi connectivity index (χ1n) is 23.7. The van der Waals surface area contributed by atoms with E-state index in [0.717, 1.165) is 51.5 Å². The van der Waals surface area contributed by atoms with E-state index in [2.05, 4.69) is 27.7 Å². The average molecular weight is 757 g/mol. The number of hydrogen-bond acceptors (Lipinski definition) is 4. The first-order valence-corrected chi connectivity index (χ1v) is 26.1. The van der Waals surface area contributed by atoms with Crippen molar-refractivity contribution in [3.63, 3.8) is 0 Å². The zero-order chi connectivity index (χ0) is 37.2. The van der Waals surface area contributed by atoms with E-state index in [4.69, 9.17) is 25.9 Å². The molecule has 0 aromatic carbocycles. The third-order valence-electron chi connectivity index (χ3n) is 10.8. The highest BCUT2D eigenvalue weighted by Crippen LogP contribution is 2.24. The summed E-state index contributed by atoms with van der Waals surface area (Å²) < 4.78 is 20.2. The van der Waals surface area contributed by atoms with E-state index in [9.17, 15) is 0 Å². The van der Waals surface area contributed by atoms with E-state index in [-0.39, 0.29) is 0 Å². The number of unbranched alkanes of at least 4 members (excludes halogenated alkanes) is 33. The number of hydrogen-bond donors (Lipinski definition) is 1. The highest BCUT2D eigenvalue weighted by molar-refractivity contribution is 7.80. The van der Waals surface area contributed by atoms with E-state index in [1.54, 1.807) is 0 Å². The fraction of sp³-hybridized carbons (Fsp3) is 1.00. The van der Waals surface area contributed by atoms with Gasteiger partial charge >= 0.3 is 8.80 Å². The predicted octanol–water partition coefficient (Wildman–Crippen LogP) is 16.8. The molecule has 0 aromatic heterocycles. The van der Waals surface area contributed by atoms with Crippen molar-refractivity contribution in [2.24, 2.45) is 0 Å². The van der Waals surface area contributed by atoms with Gasteiger partial charge in [0.05, 0.1) is 0 Å². The molecule has 0 bridgehead atoms. The maximum Gasteiger partial charge on any atom is 0.500 e. The van der Waals surface area contributed by atoms with Gasteiger partial charge in [0.25, 0.3) is 0 Å². The van der Waals surface area contributed by atoms with Crippen LogP contribution in [0.1, 0.15) is 265 Å². The van der Waals surface area contributed by atoms with Crippen molar-refractivity contribution in [3.05, 3.63) is 0 Å². The van der Waals surface area contributed by atoms with Gasteiger partial charge in [0, 0.05) is 25.9 Å². The van der Waals surface area contributed by atoms with Crippen molar-refractivity contribution in [3.8, 4) is 0 Å². The molecule has 0 spiro atoms. The standard InChI is InChI=1S/C46H96O3SSi/c1-5-8-11-14-17-20-23-25-26-28-31-34-37-40-44-49-51(45-41-46(4)50,47-42-38-35-32-29-22-19-16-13-10-7-3)48-43-39-36-33-30-27-24-21-18-15-12-9-6-2/h46,50H,5-45H2,1-4H3. The maximum atomic E-state index is 6.75. The van der Waals surface area contributed by atoms with Crippen LogP contribution in [0, 0.1) is 0 Å². The van der Waals surface area contributed by atoms with Crippen LogP contribution in [0.25, 0.3) is 0 Å². The molecule has 2 atom stereocenters. The third kappa shape index (κ3) is 39.9. The Morgan fingerprint density at radius 2 is 0.529 bits per heavy atom. The fourth-order valence-electron chi connectivity index (χ4n) is 7.24. The molecule has 2 unspecified atom stereocenters. The lowest BCUT2D eigenvalue weighted by atomic mass is 10.0. The van der Waals surface area contributed by atoms with E-state index < -0.39 is 8.80 Å². The summed E-state index contributed by atoms with van der Waals surface area (Å²) in [5.74, 6) is 0. The average Bonchev–Trinajstić information content (AvgIpc) is 3.13. The highest BCUT2D eigenvalue weighted by Gasteiger charge is 2.41. The maximum absolute atomic E-state index is 6.75. The molecule has 0 N–H and O–H groups in total.